The maximum atomic E-state index is 12.3. The van der Waals surface area contributed by atoms with Crippen LogP contribution in [-0.2, 0) is 9.53 Å². The molecule has 0 amide bonds. The van der Waals surface area contributed by atoms with Gasteiger partial charge < -0.3 is 4.74 Å². The summed E-state index contributed by atoms with van der Waals surface area (Å²) in [5.74, 6) is -1.31. The summed E-state index contributed by atoms with van der Waals surface area (Å²) in [4.78, 5) is 10.9. The van der Waals surface area contributed by atoms with Crippen LogP contribution in [0, 0.1) is 0 Å². The summed E-state index contributed by atoms with van der Waals surface area (Å²) >= 11 is 0. The van der Waals surface area contributed by atoms with E-state index in [1.165, 1.54) is 6.92 Å². The molecule has 0 aromatic rings. The minimum absolute atomic E-state index is 0. The third-order valence-electron chi connectivity index (χ3n) is 1.75. The summed E-state index contributed by atoms with van der Waals surface area (Å²) in [6.45, 7) is 2.11. The number of rotatable bonds is 3. The van der Waals surface area contributed by atoms with Crippen molar-refractivity contribution in [1.82, 2.24) is 5.32 Å². The zero-order valence-corrected chi connectivity index (χ0v) is 8.88. The highest BCUT2D eigenvalue weighted by atomic mass is 35.5. The van der Waals surface area contributed by atoms with Crippen molar-refractivity contribution in [1.29, 1.82) is 0 Å². The second-order valence-corrected chi connectivity index (χ2v) is 2.59. The van der Waals surface area contributed by atoms with Crippen molar-refractivity contribution in [3.8, 4) is 0 Å². The van der Waals surface area contributed by atoms with Crippen molar-refractivity contribution in [3.05, 3.63) is 0 Å². The average molecular weight is 236 g/mol. The van der Waals surface area contributed by atoms with Crippen LogP contribution in [0.5, 0.6) is 0 Å². The fourth-order valence-corrected chi connectivity index (χ4v) is 0.635. The van der Waals surface area contributed by atoms with Crippen molar-refractivity contribution < 1.29 is 22.7 Å². The summed E-state index contributed by atoms with van der Waals surface area (Å²) in [7, 11) is 1.06. The zero-order chi connectivity index (χ0) is 10.7. The Morgan fingerprint density at radius 1 is 1.43 bits per heavy atom. The molecule has 1 N–H and O–H groups in total. The monoisotopic (exact) mass is 235 g/mol. The van der Waals surface area contributed by atoms with Crippen LogP contribution in [0.3, 0.4) is 0 Å². The van der Waals surface area contributed by atoms with Crippen LogP contribution in [0.1, 0.15) is 13.8 Å². The number of carbonyl (C=O) groups excluding carboxylic acids is 1. The van der Waals surface area contributed by atoms with E-state index in [2.05, 4.69) is 4.74 Å². The van der Waals surface area contributed by atoms with E-state index in [0.29, 0.717) is 0 Å². The molecule has 86 valence electrons. The molecule has 1 atom stereocenters. The lowest BCUT2D eigenvalue weighted by atomic mass is 10.0. The largest absolute Gasteiger partial charge is 0.464 e. The van der Waals surface area contributed by atoms with Crippen LogP contribution in [-0.4, -0.2) is 31.3 Å². The second-order valence-electron chi connectivity index (χ2n) is 2.59. The van der Waals surface area contributed by atoms with Gasteiger partial charge in [-0.2, -0.15) is 13.2 Å². The minimum atomic E-state index is -4.66. The van der Waals surface area contributed by atoms with E-state index in [1.807, 2.05) is 5.32 Å². The van der Waals surface area contributed by atoms with Gasteiger partial charge in [0, 0.05) is 0 Å². The van der Waals surface area contributed by atoms with Gasteiger partial charge in [0.15, 0.2) is 0 Å². The number of esters is 1. The highest BCUT2D eigenvalue weighted by Crippen LogP contribution is 2.30. The summed E-state index contributed by atoms with van der Waals surface area (Å²) in [6.07, 6.45) is -4.66. The van der Waals surface area contributed by atoms with Crippen LogP contribution in [0.15, 0.2) is 0 Å². The van der Waals surface area contributed by atoms with Gasteiger partial charge in [0.05, 0.1) is 6.61 Å². The molecule has 0 saturated heterocycles. The number of hydrogen-bond donors (Lipinski definition) is 1. The minimum Gasteiger partial charge on any atom is -0.464 e. The Morgan fingerprint density at radius 3 is 2.07 bits per heavy atom. The molecule has 3 nitrogen and oxygen atoms in total. The number of carbonyl (C=O) groups is 1. The maximum absolute atomic E-state index is 12.3. The van der Waals surface area contributed by atoms with Crippen molar-refractivity contribution >= 4 is 18.4 Å². The number of halogens is 4. The molecule has 1 unspecified atom stereocenters. The predicted octanol–water partition coefficient (Wildman–Crippen LogP) is 1.51. The van der Waals surface area contributed by atoms with Crippen molar-refractivity contribution in [2.75, 3.05) is 13.7 Å². The average Bonchev–Trinajstić information content (AvgIpc) is 2.01. The first kappa shape index (κ1) is 16.0. The second kappa shape index (κ2) is 5.41. The zero-order valence-electron chi connectivity index (χ0n) is 8.07. The summed E-state index contributed by atoms with van der Waals surface area (Å²) in [5, 5.41) is 1.90. The van der Waals surface area contributed by atoms with Gasteiger partial charge in [-0.15, -0.1) is 12.4 Å². The Balaban J connectivity index is 0. The van der Waals surface area contributed by atoms with Gasteiger partial charge in [-0.05, 0) is 20.9 Å². The maximum Gasteiger partial charge on any atom is 0.417 e. The van der Waals surface area contributed by atoms with Crippen LogP contribution in [0.25, 0.3) is 0 Å². The Morgan fingerprint density at radius 2 is 1.86 bits per heavy atom. The summed E-state index contributed by atoms with van der Waals surface area (Å²) < 4.78 is 41.2. The lowest BCUT2D eigenvalue weighted by molar-refractivity contribution is -0.208. The Kier molecular flexibility index (Phi) is 6.16. The Hall–Kier alpha value is -0.490. The van der Waals surface area contributed by atoms with Crippen LogP contribution >= 0.6 is 12.4 Å². The first-order valence-corrected chi connectivity index (χ1v) is 3.72. The molecule has 0 fully saturated rings. The first-order chi connectivity index (χ1) is 5.79. The Bertz CT molecular complexity index is 198. The number of likely N-dealkylation sites (N-methyl/N-ethyl adjacent to an activating group) is 1. The van der Waals surface area contributed by atoms with Crippen LogP contribution in [0.2, 0.25) is 0 Å². The van der Waals surface area contributed by atoms with Crippen LogP contribution in [0.4, 0.5) is 13.2 Å². The van der Waals surface area contributed by atoms with Crippen molar-refractivity contribution in [2.45, 2.75) is 25.6 Å². The molecule has 0 aliphatic heterocycles. The lowest BCUT2D eigenvalue weighted by Gasteiger charge is -2.28. The highest BCUT2D eigenvalue weighted by Gasteiger charge is 2.57. The molecule has 0 spiro atoms. The van der Waals surface area contributed by atoms with Gasteiger partial charge in [0.2, 0.25) is 5.54 Å². The topological polar surface area (TPSA) is 38.3 Å². The number of ether oxygens (including phenoxy) is 1. The molecule has 0 bridgehead atoms. The molecule has 0 heterocycles. The first-order valence-electron chi connectivity index (χ1n) is 3.72. The molecule has 0 radical (unpaired) electrons. The molecular weight excluding hydrogens is 223 g/mol. The van der Waals surface area contributed by atoms with Crippen molar-refractivity contribution in [2.24, 2.45) is 0 Å². The van der Waals surface area contributed by atoms with Crippen molar-refractivity contribution in [3.63, 3.8) is 0 Å². The van der Waals surface area contributed by atoms with E-state index in [1.54, 1.807) is 0 Å². The van der Waals surface area contributed by atoms with E-state index in [0.717, 1.165) is 14.0 Å². The third kappa shape index (κ3) is 3.02. The molecule has 0 rings (SSSR count). The molecule has 0 aliphatic rings. The van der Waals surface area contributed by atoms with E-state index in [9.17, 15) is 18.0 Å². The van der Waals surface area contributed by atoms with Gasteiger partial charge in [0.1, 0.15) is 0 Å². The van der Waals surface area contributed by atoms with E-state index in [4.69, 9.17) is 0 Å². The number of alkyl halides is 3. The van der Waals surface area contributed by atoms with E-state index >= 15 is 0 Å². The predicted molar refractivity (Wildman–Crippen MR) is 47.4 cm³/mol. The molecule has 7 heteroatoms. The van der Waals surface area contributed by atoms with Gasteiger partial charge in [-0.3, -0.25) is 5.32 Å². The molecule has 14 heavy (non-hydrogen) atoms. The normalized spacial score (nSPS) is 15.3. The fraction of sp³-hybridized carbons (Fsp3) is 0.857. The molecule has 0 aliphatic carbocycles. The SMILES string of the molecule is CCOC(=O)C(C)(NC)C(F)(F)F.Cl. The third-order valence-corrected chi connectivity index (χ3v) is 1.75. The summed E-state index contributed by atoms with van der Waals surface area (Å²) in [6, 6.07) is 0. The van der Waals surface area contributed by atoms with Gasteiger partial charge >= 0.3 is 12.1 Å². The number of hydrogen-bond acceptors (Lipinski definition) is 3. The van der Waals surface area contributed by atoms with Crippen LogP contribution < -0.4 is 5.32 Å². The van der Waals surface area contributed by atoms with E-state index in [-0.39, 0.29) is 19.0 Å². The molecule has 0 aromatic carbocycles. The lowest BCUT2D eigenvalue weighted by Crippen LogP contribution is -2.59. The fourth-order valence-electron chi connectivity index (χ4n) is 0.635. The van der Waals surface area contributed by atoms with Gasteiger partial charge in [-0.25, -0.2) is 4.79 Å². The highest BCUT2D eigenvalue weighted by molar-refractivity contribution is 5.85. The Labute approximate surface area is 86.4 Å². The van der Waals surface area contributed by atoms with Gasteiger partial charge in [-0.1, -0.05) is 0 Å². The molecule has 0 aromatic heterocycles. The molecule has 0 saturated carbocycles. The quantitative estimate of drug-likeness (QED) is 0.754. The molecular formula is C7H13ClF3NO2. The number of nitrogens with one attached hydrogen (secondary N) is 1. The summed E-state index contributed by atoms with van der Waals surface area (Å²) in [5.41, 5.74) is -2.62. The van der Waals surface area contributed by atoms with Gasteiger partial charge in [0.25, 0.3) is 0 Å². The smallest absolute Gasteiger partial charge is 0.417 e. The van der Waals surface area contributed by atoms with E-state index < -0.39 is 17.7 Å². The standard InChI is InChI=1S/C7H12F3NO2.ClH/c1-4-13-5(12)6(2,11-3)7(8,9)10;/h11H,4H2,1-3H3;1H.